The van der Waals surface area contributed by atoms with Gasteiger partial charge >= 0.3 is 17.9 Å². The van der Waals surface area contributed by atoms with E-state index in [2.05, 4.69) is 61.4 Å². The molecule has 0 aliphatic heterocycles. The van der Waals surface area contributed by atoms with Crippen LogP contribution in [-0.4, -0.2) is 114 Å². The molecule has 3 heterocycles. The number of carbonyl (C=O) groups excluding carboxylic acids is 3. The van der Waals surface area contributed by atoms with Crippen LogP contribution in [0.15, 0.2) is 188 Å². The SMILES string of the molecule is CCCCCOc1ccc(-c2cc(-c3ccc(C(=O)O)cc3)no2)cc1.CCCCCOc1ccc(-c2cc(-c3ccc(C(=O)O/N=C(\C#N)C(C)=O)cc3)no2)cc1.CCCCCOc1ccc(-c2cc(-c3ccc(C(=O)OC(=NCCCN(C)C)NCC)cc3)no2)cc1. The summed E-state index contributed by atoms with van der Waals surface area (Å²) >= 11 is 0. The predicted molar refractivity (Wildman–Crippen MR) is 368 cm³/mol. The zero-order valence-corrected chi connectivity index (χ0v) is 55.4. The van der Waals surface area contributed by atoms with Crippen molar-refractivity contribution in [2.45, 2.75) is 98.8 Å². The number of nitriles is 1. The second-order valence-electron chi connectivity index (χ2n) is 22.3. The number of Topliss-reactive ketones (excluding diaryl/α,β-unsaturated/α-hetero) is 1. The highest BCUT2D eigenvalue weighted by Crippen LogP contribution is 2.31. The van der Waals surface area contributed by atoms with Crippen LogP contribution < -0.4 is 19.5 Å². The van der Waals surface area contributed by atoms with Crippen LogP contribution in [-0.2, 0) is 14.4 Å². The minimum atomic E-state index is -0.950. The molecule has 0 spiro atoms. The number of unbranched alkanes of at least 4 members (excludes halogenated alkanes) is 6. The van der Waals surface area contributed by atoms with Gasteiger partial charge in [0, 0.05) is 71.6 Å². The summed E-state index contributed by atoms with van der Waals surface area (Å²) in [5.41, 5.74) is 7.43. The van der Waals surface area contributed by atoms with Crippen molar-refractivity contribution < 1.29 is 61.6 Å². The summed E-state index contributed by atoms with van der Waals surface area (Å²) in [7, 11) is 4.03. The number of esters is 1. The maximum Gasteiger partial charge on any atom is 0.365 e. The zero-order valence-electron chi connectivity index (χ0n) is 55.4. The molecule has 21 nitrogen and oxygen atoms in total. The third-order valence-electron chi connectivity index (χ3n) is 14.5. The molecule has 0 fully saturated rings. The molecule has 500 valence electrons. The number of carboxylic acids is 1. The van der Waals surface area contributed by atoms with Crippen molar-refractivity contribution in [2.24, 2.45) is 10.1 Å². The number of oxime groups is 1. The van der Waals surface area contributed by atoms with Crippen molar-refractivity contribution in [1.82, 2.24) is 25.7 Å². The Balaban J connectivity index is 0.000000206. The van der Waals surface area contributed by atoms with Gasteiger partial charge in [0.1, 0.15) is 40.4 Å². The molecule has 6 aromatic carbocycles. The van der Waals surface area contributed by atoms with Gasteiger partial charge in [0.2, 0.25) is 5.71 Å². The van der Waals surface area contributed by atoms with Crippen LogP contribution in [0.3, 0.4) is 0 Å². The molecule has 2 N–H and O–H groups in total. The quantitative estimate of drug-likeness (QED) is 0.0102. The number of hydrogen-bond acceptors (Lipinski definition) is 19. The standard InChI is InChI=1S/C29H38N4O4.C25H23N3O5.C21H21NO4/c1-5-7-8-20-35-25-16-14-23(15-17-25)27-21-26(32-37-27)22-10-12-24(13-11-22)28(34)36-29(30-6-2)31-18-9-19-33(3)4;1-3-4-5-14-31-21-12-10-19(11-13-21)24-15-22(27-32-24)18-6-8-20(9-7-18)25(30)33-28-23(16-26)17(2)29;1-2-3-4-13-25-18-11-9-16(10-12-18)20-14-19(22-26-20)15-5-7-17(8-6-15)21(23)24/h10-17,21H,5-9,18-20H2,1-4H3,(H,30,31);6-13,15H,3-5,14H2,1-2H3;5-12,14H,2-4,13H2,1H3,(H,23,24)/b;28-23+;. The van der Waals surface area contributed by atoms with Gasteiger partial charge in [-0.05, 0) is 162 Å². The number of hydrogen-bond donors (Lipinski definition) is 2. The first-order chi connectivity index (χ1) is 46.7. The summed E-state index contributed by atoms with van der Waals surface area (Å²) in [5.74, 6) is 1.64. The average Bonchev–Trinajstić information content (AvgIpc) is 1.74. The van der Waals surface area contributed by atoms with Crippen LogP contribution in [0.5, 0.6) is 17.2 Å². The van der Waals surface area contributed by atoms with E-state index in [0.717, 1.165) is 116 Å². The first-order valence-corrected chi connectivity index (χ1v) is 32.2. The first-order valence-electron chi connectivity index (χ1n) is 32.2. The number of ether oxygens (including phenoxy) is 4. The van der Waals surface area contributed by atoms with Gasteiger partial charge in [-0.1, -0.05) is 116 Å². The number of rotatable bonds is 31. The number of aromatic nitrogens is 3. The van der Waals surface area contributed by atoms with Crippen LogP contribution in [0, 0.1) is 11.3 Å². The molecule has 0 aliphatic rings. The number of nitrogens with zero attached hydrogens (tertiary/aromatic N) is 7. The van der Waals surface area contributed by atoms with Gasteiger partial charge in [-0.25, -0.2) is 19.4 Å². The van der Waals surface area contributed by atoms with E-state index < -0.39 is 29.4 Å². The minimum absolute atomic E-state index is 0.210. The molecule has 0 amide bonds. The van der Waals surface area contributed by atoms with Gasteiger partial charge in [-0.2, -0.15) is 5.26 Å². The van der Waals surface area contributed by atoms with Gasteiger partial charge in [0.15, 0.2) is 23.1 Å². The fourth-order valence-corrected chi connectivity index (χ4v) is 9.05. The van der Waals surface area contributed by atoms with E-state index >= 15 is 0 Å². The Bertz CT molecular complexity index is 3960. The van der Waals surface area contributed by atoms with Crippen molar-refractivity contribution in [2.75, 3.05) is 53.6 Å². The Labute approximate surface area is 559 Å². The molecular formula is C75H82N8O13. The van der Waals surface area contributed by atoms with Gasteiger partial charge in [0.05, 0.1) is 36.5 Å². The summed E-state index contributed by atoms with van der Waals surface area (Å²) in [5, 5.41) is 36.4. The number of nitrogens with one attached hydrogen (secondary N) is 1. The molecule has 9 rings (SSSR count). The summed E-state index contributed by atoms with van der Waals surface area (Å²) < 4.78 is 39.2. The minimum Gasteiger partial charge on any atom is -0.494 e. The molecule has 0 aliphatic carbocycles. The Hall–Kier alpha value is -11.0. The fourth-order valence-electron chi connectivity index (χ4n) is 9.05. The predicted octanol–water partition coefficient (Wildman–Crippen LogP) is 16.1. The van der Waals surface area contributed by atoms with E-state index in [-0.39, 0.29) is 17.1 Å². The molecular weight excluding hydrogens is 1220 g/mol. The smallest absolute Gasteiger partial charge is 0.365 e. The highest BCUT2D eigenvalue weighted by atomic mass is 16.7. The van der Waals surface area contributed by atoms with Gasteiger partial charge in [0.25, 0.3) is 6.02 Å². The zero-order chi connectivity index (χ0) is 68.4. The van der Waals surface area contributed by atoms with Gasteiger partial charge < -0.3 is 52.7 Å². The number of carbonyl (C=O) groups is 4. The summed E-state index contributed by atoms with van der Waals surface area (Å²) in [4.78, 5) is 57.9. The average molecular weight is 1300 g/mol. The second kappa shape index (κ2) is 38.9. The number of benzene rings is 6. The first kappa shape index (κ1) is 72.4. The molecule has 9 aromatic rings. The lowest BCUT2D eigenvalue weighted by Gasteiger charge is -2.10. The largest absolute Gasteiger partial charge is 0.494 e. The second-order valence-corrected chi connectivity index (χ2v) is 22.3. The molecule has 0 unspecified atom stereocenters. The summed E-state index contributed by atoms with van der Waals surface area (Å²) in [6, 6.07) is 50.6. The molecule has 21 heteroatoms. The summed E-state index contributed by atoms with van der Waals surface area (Å²) in [6.45, 7) is 13.9. The Kier molecular flexibility index (Phi) is 29.4. The van der Waals surface area contributed by atoms with Crippen molar-refractivity contribution in [1.29, 1.82) is 5.26 Å². The molecule has 0 radical (unpaired) electrons. The van der Waals surface area contributed by atoms with E-state index in [1.165, 1.54) is 37.8 Å². The van der Waals surface area contributed by atoms with Crippen molar-refractivity contribution in [3.63, 3.8) is 0 Å². The number of aromatic carboxylic acids is 1. The third kappa shape index (κ3) is 23.2. The molecule has 0 saturated carbocycles. The van der Waals surface area contributed by atoms with E-state index in [9.17, 15) is 19.2 Å². The molecule has 3 aromatic heterocycles. The molecule has 0 bridgehead atoms. The molecule has 0 saturated heterocycles. The van der Waals surface area contributed by atoms with E-state index in [1.54, 1.807) is 60.7 Å². The van der Waals surface area contributed by atoms with Crippen molar-refractivity contribution in [3.8, 4) is 91.1 Å². The number of ketones is 1. The van der Waals surface area contributed by atoms with E-state index in [1.807, 2.05) is 118 Å². The molecule has 96 heavy (non-hydrogen) atoms. The van der Waals surface area contributed by atoms with Crippen LogP contribution in [0.25, 0.3) is 67.7 Å². The number of amidine groups is 1. The van der Waals surface area contributed by atoms with Crippen LogP contribution in [0.2, 0.25) is 0 Å². The number of carboxylic acid groups (broad SMARTS) is 1. The number of aliphatic imine (C=N–C) groups is 1. The highest BCUT2D eigenvalue weighted by molar-refractivity contribution is 6.45. The lowest BCUT2D eigenvalue weighted by molar-refractivity contribution is -0.111. The molecule has 0 atom stereocenters. The van der Waals surface area contributed by atoms with Gasteiger partial charge in [-0.3, -0.25) is 4.79 Å². The Morgan fingerprint density at radius 1 is 0.510 bits per heavy atom. The van der Waals surface area contributed by atoms with Crippen LogP contribution in [0.4, 0.5) is 0 Å². The highest BCUT2D eigenvalue weighted by Gasteiger charge is 2.17. The van der Waals surface area contributed by atoms with Crippen molar-refractivity contribution >= 4 is 35.4 Å². The summed E-state index contributed by atoms with van der Waals surface area (Å²) in [6.07, 6.45) is 11.0. The van der Waals surface area contributed by atoms with Crippen LogP contribution >= 0.6 is 0 Å². The fraction of sp³-hybridized carbons (Fsp3) is 0.307. The maximum absolute atomic E-state index is 12.6. The Morgan fingerprint density at radius 3 is 1.21 bits per heavy atom. The van der Waals surface area contributed by atoms with Crippen molar-refractivity contribution in [3.05, 3.63) is 180 Å². The third-order valence-corrected chi connectivity index (χ3v) is 14.5. The normalized spacial score (nSPS) is 11.1. The Morgan fingerprint density at radius 2 is 0.875 bits per heavy atom. The maximum atomic E-state index is 12.6. The van der Waals surface area contributed by atoms with Crippen LogP contribution in [0.1, 0.15) is 130 Å². The van der Waals surface area contributed by atoms with E-state index in [4.69, 9.17) is 42.9 Å². The van der Waals surface area contributed by atoms with E-state index in [0.29, 0.717) is 59.6 Å². The lowest BCUT2D eigenvalue weighted by Crippen LogP contribution is -2.29. The van der Waals surface area contributed by atoms with Gasteiger partial charge in [-0.15, -0.1) is 0 Å². The topological polar surface area (TPSA) is 277 Å². The lowest BCUT2D eigenvalue weighted by atomic mass is 10.1. The monoisotopic (exact) mass is 1300 g/mol.